The maximum absolute atomic E-state index is 12.6. The van der Waals surface area contributed by atoms with Crippen molar-refractivity contribution in [2.24, 2.45) is 5.10 Å². The molecule has 2 N–H and O–H groups in total. The van der Waals surface area contributed by atoms with Gasteiger partial charge in [0.2, 0.25) is 0 Å². The molecular formula is C31H24IN5O4S. The van der Waals surface area contributed by atoms with E-state index in [1.54, 1.807) is 36.5 Å². The Morgan fingerprint density at radius 2 is 1.86 bits per heavy atom. The highest BCUT2D eigenvalue weighted by atomic mass is 127. The minimum Gasteiger partial charge on any atom is -0.488 e. The standard InChI is InChI=1S/C31H24IN5O4S/c1-20-5-12-25(13-6-20)34-31-35-28(19-42-31)23-8-10-24(11-9-23)30(38)36-33-17-21-7-14-29(27(32)16-21)41-18-22-3-2-4-26(15-22)37(39)40/h2-17,19H,18H2,1H3,(H,34,35)(H,36,38)/b33-17-. The number of nitro groups is 1. The van der Waals surface area contributed by atoms with E-state index < -0.39 is 4.92 Å². The molecule has 1 amide bonds. The Kier molecular flexibility index (Phi) is 9.19. The molecule has 1 aromatic heterocycles. The number of nitrogens with one attached hydrogen (secondary N) is 2. The number of carbonyl (C=O) groups is 1. The minimum absolute atomic E-state index is 0.0236. The molecule has 0 radical (unpaired) electrons. The zero-order chi connectivity index (χ0) is 29.5. The number of aryl methyl sites for hydroxylation is 1. The average molecular weight is 690 g/mol. The summed E-state index contributed by atoms with van der Waals surface area (Å²) in [6.07, 6.45) is 1.55. The topological polar surface area (TPSA) is 119 Å². The van der Waals surface area contributed by atoms with Gasteiger partial charge < -0.3 is 10.1 Å². The Morgan fingerprint density at radius 1 is 1.07 bits per heavy atom. The molecule has 5 aromatic rings. The normalized spacial score (nSPS) is 10.9. The SMILES string of the molecule is Cc1ccc(Nc2nc(-c3ccc(C(=O)N/N=C\c4ccc(OCc5cccc([N+](=O)[O-])c5)c(I)c4)cc3)cs2)cc1. The first-order valence-corrected chi connectivity index (χ1v) is 14.7. The lowest BCUT2D eigenvalue weighted by atomic mass is 10.1. The number of aromatic nitrogens is 1. The first-order valence-electron chi connectivity index (χ1n) is 12.7. The number of benzene rings is 4. The highest BCUT2D eigenvalue weighted by Gasteiger charge is 2.10. The van der Waals surface area contributed by atoms with Crippen LogP contribution in [-0.4, -0.2) is 22.0 Å². The van der Waals surface area contributed by atoms with Crippen LogP contribution in [0.25, 0.3) is 11.3 Å². The monoisotopic (exact) mass is 689 g/mol. The van der Waals surface area contributed by atoms with Crippen molar-refractivity contribution < 1.29 is 14.5 Å². The van der Waals surface area contributed by atoms with Gasteiger partial charge in [0.25, 0.3) is 11.6 Å². The maximum atomic E-state index is 12.6. The molecule has 0 aliphatic rings. The predicted molar refractivity (Wildman–Crippen MR) is 174 cm³/mol. The van der Waals surface area contributed by atoms with Gasteiger partial charge in [0.15, 0.2) is 5.13 Å². The summed E-state index contributed by atoms with van der Waals surface area (Å²) in [4.78, 5) is 27.8. The molecule has 1 heterocycles. The van der Waals surface area contributed by atoms with E-state index in [0.717, 1.165) is 31.2 Å². The van der Waals surface area contributed by atoms with Crippen molar-refractivity contribution in [2.75, 3.05) is 5.32 Å². The molecule has 0 atom stereocenters. The van der Waals surface area contributed by atoms with Crippen LogP contribution in [0.4, 0.5) is 16.5 Å². The Morgan fingerprint density at radius 3 is 2.60 bits per heavy atom. The second-order valence-electron chi connectivity index (χ2n) is 9.21. The van der Waals surface area contributed by atoms with E-state index in [1.807, 2.05) is 60.8 Å². The van der Waals surface area contributed by atoms with E-state index in [1.165, 1.54) is 29.0 Å². The van der Waals surface area contributed by atoms with Crippen LogP contribution in [0.2, 0.25) is 0 Å². The molecule has 0 fully saturated rings. The molecule has 0 bridgehead atoms. The van der Waals surface area contributed by atoms with E-state index in [2.05, 4.69) is 43.4 Å². The summed E-state index contributed by atoms with van der Waals surface area (Å²) in [5.41, 5.74) is 8.44. The predicted octanol–water partition coefficient (Wildman–Crippen LogP) is 7.72. The van der Waals surface area contributed by atoms with Crippen molar-refractivity contribution in [1.82, 2.24) is 10.4 Å². The van der Waals surface area contributed by atoms with Crippen LogP contribution in [0, 0.1) is 20.6 Å². The molecule has 0 aliphatic heterocycles. The third-order valence-electron chi connectivity index (χ3n) is 6.10. The van der Waals surface area contributed by atoms with E-state index in [0.29, 0.717) is 16.9 Å². The number of nitrogens with zero attached hydrogens (tertiary/aromatic N) is 3. The number of anilines is 2. The molecule has 42 heavy (non-hydrogen) atoms. The lowest BCUT2D eigenvalue weighted by Crippen LogP contribution is -2.17. The number of hydrogen-bond acceptors (Lipinski definition) is 8. The molecule has 11 heteroatoms. The van der Waals surface area contributed by atoms with Gasteiger partial charge in [0, 0.05) is 34.3 Å². The van der Waals surface area contributed by atoms with E-state index in [9.17, 15) is 14.9 Å². The van der Waals surface area contributed by atoms with Gasteiger partial charge in [-0.3, -0.25) is 14.9 Å². The highest BCUT2D eigenvalue weighted by Crippen LogP contribution is 2.28. The van der Waals surface area contributed by atoms with Crippen molar-refractivity contribution in [3.63, 3.8) is 0 Å². The molecule has 5 rings (SSSR count). The number of ether oxygens (including phenoxy) is 1. The van der Waals surface area contributed by atoms with Gasteiger partial charge in [-0.25, -0.2) is 10.4 Å². The number of hydrazone groups is 1. The quantitative estimate of drug-likeness (QED) is 0.0671. The Labute approximate surface area is 259 Å². The molecular weight excluding hydrogens is 665 g/mol. The van der Waals surface area contributed by atoms with Crippen LogP contribution in [0.3, 0.4) is 0 Å². The smallest absolute Gasteiger partial charge is 0.271 e. The molecule has 9 nitrogen and oxygen atoms in total. The fourth-order valence-electron chi connectivity index (χ4n) is 3.88. The van der Waals surface area contributed by atoms with Gasteiger partial charge in [-0.1, -0.05) is 42.0 Å². The number of nitro benzene ring substituents is 1. The summed E-state index contributed by atoms with van der Waals surface area (Å²) in [6, 6.07) is 27.1. The minimum atomic E-state index is -0.432. The number of halogens is 1. The van der Waals surface area contributed by atoms with Gasteiger partial charge in [0.1, 0.15) is 12.4 Å². The molecule has 0 saturated carbocycles. The van der Waals surface area contributed by atoms with E-state index >= 15 is 0 Å². The average Bonchev–Trinajstić information content (AvgIpc) is 3.46. The van der Waals surface area contributed by atoms with Crippen LogP contribution < -0.4 is 15.5 Å². The summed E-state index contributed by atoms with van der Waals surface area (Å²) >= 11 is 3.66. The fourth-order valence-corrected chi connectivity index (χ4v) is 5.32. The van der Waals surface area contributed by atoms with Crippen LogP contribution in [0.5, 0.6) is 5.75 Å². The second kappa shape index (κ2) is 13.4. The van der Waals surface area contributed by atoms with Crippen molar-refractivity contribution in [1.29, 1.82) is 0 Å². The lowest BCUT2D eigenvalue weighted by Gasteiger charge is -2.09. The maximum Gasteiger partial charge on any atom is 0.271 e. The summed E-state index contributed by atoms with van der Waals surface area (Å²) in [5, 5.41) is 21.1. The van der Waals surface area contributed by atoms with Crippen LogP contribution in [0.15, 0.2) is 101 Å². The van der Waals surface area contributed by atoms with Crippen molar-refractivity contribution in [2.45, 2.75) is 13.5 Å². The van der Waals surface area contributed by atoms with Crippen molar-refractivity contribution >= 4 is 62.6 Å². The number of rotatable bonds is 10. The van der Waals surface area contributed by atoms with Gasteiger partial charge in [-0.2, -0.15) is 5.10 Å². The second-order valence-corrected chi connectivity index (χ2v) is 11.2. The third kappa shape index (κ3) is 7.56. The number of non-ortho nitro benzene ring substituents is 1. The van der Waals surface area contributed by atoms with E-state index in [-0.39, 0.29) is 18.2 Å². The van der Waals surface area contributed by atoms with Crippen LogP contribution in [-0.2, 0) is 6.61 Å². The Balaban J connectivity index is 1.14. The van der Waals surface area contributed by atoms with Gasteiger partial charge in [-0.15, -0.1) is 11.3 Å². The molecule has 0 saturated heterocycles. The first kappa shape index (κ1) is 28.9. The fraction of sp³-hybridized carbons (Fsp3) is 0.0645. The molecule has 4 aromatic carbocycles. The van der Waals surface area contributed by atoms with Gasteiger partial charge >= 0.3 is 0 Å². The van der Waals surface area contributed by atoms with Crippen LogP contribution in [0.1, 0.15) is 27.0 Å². The molecule has 0 spiro atoms. The third-order valence-corrected chi connectivity index (χ3v) is 7.70. The van der Waals surface area contributed by atoms with Crippen molar-refractivity contribution in [3.8, 4) is 17.0 Å². The number of thiazole rings is 1. The zero-order valence-electron chi connectivity index (χ0n) is 22.3. The first-order chi connectivity index (χ1) is 20.3. The summed E-state index contributed by atoms with van der Waals surface area (Å²) in [5.74, 6) is 0.311. The van der Waals surface area contributed by atoms with Crippen molar-refractivity contribution in [3.05, 3.63) is 132 Å². The molecule has 0 aliphatic carbocycles. The number of carbonyl (C=O) groups excluding carboxylic acids is 1. The molecule has 210 valence electrons. The summed E-state index contributed by atoms with van der Waals surface area (Å²) in [7, 11) is 0. The lowest BCUT2D eigenvalue weighted by molar-refractivity contribution is -0.384. The van der Waals surface area contributed by atoms with Gasteiger partial charge in [-0.05, 0) is 83.1 Å². The zero-order valence-corrected chi connectivity index (χ0v) is 25.3. The number of hydrogen-bond donors (Lipinski definition) is 2. The number of amides is 1. The highest BCUT2D eigenvalue weighted by molar-refractivity contribution is 14.1. The Hall–Kier alpha value is -4.62. The molecule has 0 unspecified atom stereocenters. The van der Waals surface area contributed by atoms with E-state index in [4.69, 9.17) is 4.74 Å². The largest absolute Gasteiger partial charge is 0.488 e. The Bertz CT molecular complexity index is 1750. The van der Waals surface area contributed by atoms with Crippen LogP contribution >= 0.6 is 33.9 Å². The summed E-state index contributed by atoms with van der Waals surface area (Å²) < 4.78 is 6.67. The van der Waals surface area contributed by atoms with Gasteiger partial charge in [0.05, 0.1) is 20.4 Å². The summed E-state index contributed by atoms with van der Waals surface area (Å²) in [6.45, 7) is 2.25.